The Morgan fingerprint density at radius 2 is 1.82 bits per heavy atom. The van der Waals surface area contributed by atoms with Gasteiger partial charge in [0.1, 0.15) is 29.2 Å². The molecule has 0 saturated carbocycles. The number of methoxy groups -OCH3 is 1. The molecule has 5 rings (SSSR count). The maximum absolute atomic E-state index is 15.0. The van der Waals surface area contributed by atoms with Gasteiger partial charge in [-0.15, -0.1) is 0 Å². The summed E-state index contributed by atoms with van der Waals surface area (Å²) in [5, 5.41) is 9.97. The molecule has 0 aromatic heterocycles. The fourth-order valence-electron chi connectivity index (χ4n) is 5.80. The van der Waals surface area contributed by atoms with Crippen molar-refractivity contribution in [3.8, 4) is 28.4 Å². The smallest absolute Gasteiger partial charge is 0.306 e. The molecule has 0 spiro atoms. The molecule has 2 atom stereocenters. The Morgan fingerprint density at radius 3 is 2.52 bits per heavy atom. The van der Waals surface area contributed by atoms with E-state index < -0.39 is 5.60 Å². The molecule has 1 aliphatic carbocycles. The SMILES string of the molecule is COC(=O)CC1COc2cc(O[C@@H]3CCc4c(-c5c(C)cc(OCCC(C)(C)O)cc5C)cc(F)cc43)ccc21. The first-order valence-electron chi connectivity index (χ1n) is 13.8. The first-order chi connectivity index (χ1) is 19.0. The third-order valence-electron chi connectivity index (χ3n) is 7.79. The van der Waals surface area contributed by atoms with Gasteiger partial charge in [-0.2, -0.15) is 0 Å². The number of ether oxygens (including phenoxy) is 4. The number of hydrogen-bond donors (Lipinski definition) is 1. The highest BCUT2D eigenvalue weighted by molar-refractivity contribution is 5.76. The van der Waals surface area contributed by atoms with Crippen LogP contribution in [0.2, 0.25) is 0 Å². The van der Waals surface area contributed by atoms with Crippen molar-refractivity contribution in [2.45, 2.75) is 71.0 Å². The molecule has 0 amide bonds. The Kier molecular flexibility index (Phi) is 7.78. The number of aryl methyl sites for hydroxylation is 2. The Hall–Kier alpha value is -3.58. The van der Waals surface area contributed by atoms with Crippen LogP contribution in [0.1, 0.15) is 72.9 Å². The topological polar surface area (TPSA) is 74.2 Å². The second kappa shape index (κ2) is 11.1. The van der Waals surface area contributed by atoms with Crippen LogP contribution in [0.25, 0.3) is 11.1 Å². The number of carbonyl (C=O) groups is 1. The lowest BCUT2D eigenvalue weighted by atomic mass is 9.90. The third-order valence-corrected chi connectivity index (χ3v) is 7.79. The number of benzene rings is 3. The summed E-state index contributed by atoms with van der Waals surface area (Å²) in [5.41, 5.74) is 6.06. The van der Waals surface area contributed by atoms with Crippen molar-refractivity contribution in [2.75, 3.05) is 20.3 Å². The number of aliphatic hydroxyl groups is 1. The zero-order valence-electron chi connectivity index (χ0n) is 23.8. The Morgan fingerprint density at radius 1 is 1.07 bits per heavy atom. The van der Waals surface area contributed by atoms with Gasteiger partial charge in [-0.1, -0.05) is 6.07 Å². The summed E-state index contributed by atoms with van der Waals surface area (Å²) < 4.78 is 38.0. The highest BCUT2D eigenvalue weighted by atomic mass is 19.1. The average molecular weight is 549 g/mol. The number of carbonyl (C=O) groups excluding carboxylic acids is 1. The average Bonchev–Trinajstić information content (AvgIpc) is 3.46. The van der Waals surface area contributed by atoms with E-state index in [0.29, 0.717) is 31.1 Å². The van der Waals surface area contributed by atoms with Crippen LogP contribution in [-0.2, 0) is 16.0 Å². The van der Waals surface area contributed by atoms with Crippen LogP contribution in [0.15, 0.2) is 42.5 Å². The molecule has 3 aromatic rings. The van der Waals surface area contributed by atoms with E-state index in [0.717, 1.165) is 57.5 Å². The molecule has 0 saturated heterocycles. The van der Waals surface area contributed by atoms with Gasteiger partial charge in [-0.3, -0.25) is 4.79 Å². The zero-order chi connectivity index (χ0) is 28.6. The molecule has 6 nitrogen and oxygen atoms in total. The van der Waals surface area contributed by atoms with Crippen molar-refractivity contribution in [2.24, 2.45) is 0 Å². The van der Waals surface area contributed by atoms with Gasteiger partial charge in [0.15, 0.2) is 0 Å². The van der Waals surface area contributed by atoms with Crippen molar-refractivity contribution in [1.82, 2.24) is 0 Å². The van der Waals surface area contributed by atoms with Gasteiger partial charge in [0.05, 0.1) is 32.3 Å². The molecular formula is C33H37FO6. The predicted octanol–water partition coefficient (Wildman–Crippen LogP) is 6.75. The van der Waals surface area contributed by atoms with E-state index in [1.54, 1.807) is 26.0 Å². The molecule has 1 heterocycles. The molecule has 0 radical (unpaired) electrons. The summed E-state index contributed by atoms with van der Waals surface area (Å²) in [6.07, 6.45) is 2.04. The Bertz CT molecular complexity index is 1400. The number of rotatable bonds is 9. The van der Waals surface area contributed by atoms with Gasteiger partial charge < -0.3 is 24.1 Å². The van der Waals surface area contributed by atoms with E-state index in [4.69, 9.17) is 18.9 Å². The maximum atomic E-state index is 15.0. The van der Waals surface area contributed by atoms with E-state index in [-0.39, 0.29) is 30.2 Å². The van der Waals surface area contributed by atoms with E-state index in [1.807, 2.05) is 44.2 Å². The summed E-state index contributed by atoms with van der Waals surface area (Å²) in [7, 11) is 1.39. The number of hydrogen-bond acceptors (Lipinski definition) is 6. The lowest BCUT2D eigenvalue weighted by molar-refractivity contribution is -0.141. The van der Waals surface area contributed by atoms with Gasteiger partial charge in [0.25, 0.3) is 0 Å². The molecule has 212 valence electrons. The van der Waals surface area contributed by atoms with Crippen LogP contribution in [0, 0.1) is 19.7 Å². The fourth-order valence-corrected chi connectivity index (χ4v) is 5.80. The molecule has 1 unspecified atom stereocenters. The zero-order valence-corrected chi connectivity index (χ0v) is 23.8. The van der Waals surface area contributed by atoms with Gasteiger partial charge in [-0.25, -0.2) is 4.39 Å². The lowest BCUT2D eigenvalue weighted by Crippen LogP contribution is -2.21. The first-order valence-corrected chi connectivity index (χ1v) is 13.8. The number of halogens is 1. The van der Waals surface area contributed by atoms with E-state index in [2.05, 4.69) is 0 Å². The van der Waals surface area contributed by atoms with Crippen LogP contribution >= 0.6 is 0 Å². The Balaban J connectivity index is 1.37. The third kappa shape index (κ3) is 5.94. The standard InChI is InChI=1S/C33H37FO6/c1-19-12-24(38-11-10-33(3,4)36)13-20(2)32(19)28-16-22(34)15-27-26(28)8-9-29(27)40-23-6-7-25-21(14-31(35)37-5)18-39-30(25)17-23/h6-7,12-13,15-17,21,29,36H,8-11,14,18H2,1-5H3/t21?,29-/m1/s1. The molecule has 3 aromatic carbocycles. The predicted molar refractivity (Wildman–Crippen MR) is 151 cm³/mol. The minimum atomic E-state index is -0.787. The lowest BCUT2D eigenvalue weighted by Gasteiger charge is -2.20. The van der Waals surface area contributed by atoms with Crippen LogP contribution in [0.5, 0.6) is 17.2 Å². The molecule has 1 N–H and O–H groups in total. The summed E-state index contributed by atoms with van der Waals surface area (Å²) in [4.78, 5) is 11.7. The van der Waals surface area contributed by atoms with Gasteiger partial charge in [0, 0.05) is 24.0 Å². The van der Waals surface area contributed by atoms with Crippen LogP contribution < -0.4 is 14.2 Å². The van der Waals surface area contributed by atoms with E-state index in [1.165, 1.54) is 7.11 Å². The van der Waals surface area contributed by atoms with Crippen LogP contribution in [0.3, 0.4) is 0 Å². The van der Waals surface area contributed by atoms with Crippen molar-refractivity contribution in [1.29, 1.82) is 0 Å². The Labute approximate surface area is 235 Å². The van der Waals surface area contributed by atoms with E-state index in [9.17, 15) is 9.90 Å². The quantitative estimate of drug-likeness (QED) is 0.298. The highest BCUT2D eigenvalue weighted by Gasteiger charge is 2.31. The molecule has 2 aliphatic rings. The van der Waals surface area contributed by atoms with Gasteiger partial charge in [-0.05, 0) is 104 Å². The number of fused-ring (bicyclic) bond motifs is 2. The fraction of sp³-hybridized carbons (Fsp3) is 0.424. The first kappa shape index (κ1) is 28.0. The minimum Gasteiger partial charge on any atom is -0.493 e. The normalized spacial score (nSPS) is 17.7. The molecular weight excluding hydrogens is 511 g/mol. The van der Waals surface area contributed by atoms with Crippen molar-refractivity contribution in [3.05, 3.63) is 76.1 Å². The van der Waals surface area contributed by atoms with Crippen molar-refractivity contribution >= 4 is 5.97 Å². The molecule has 7 heteroatoms. The van der Waals surface area contributed by atoms with E-state index >= 15 is 4.39 Å². The van der Waals surface area contributed by atoms with Crippen molar-refractivity contribution < 1.29 is 33.2 Å². The summed E-state index contributed by atoms with van der Waals surface area (Å²) in [6.45, 7) is 8.40. The summed E-state index contributed by atoms with van der Waals surface area (Å²) in [6, 6.07) is 12.9. The maximum Gasteiger partial charge on any atom is 0.306 e. The van der Waals surface area contributed by atoms with Crippen LogP contribution in [0.4, 0.5) is 4.39 Å². The summed E-state index contributed by atoms with van der Waals surface area (Å²) >= 11 is 0. The second-order valence-electron chi connectivity index (χ2n) is 11.5. The molecule has 0 fully saturated rings. The van der Waals surface area contributed by atoms with Gasteiger partial charge >= 0.3 is 5.97 Å². The summed E-state index contributed by atoms with van der Waals surface area (Å²) in [5.74, 6) is 1.51. The largest absolute Gasteiger partial charge is 0.493 e. The molecule has 1 aliphatic heterocycles. The monoisotopic (exact) mass is 548 g/mol. The second-order valence-corrected chi connectivity index (χ2v) is 11.5. The van der Waals surface area contributed by atoms with Crippen molar-refractivity contribution in [3.63, 3.8) is 0 Å². The molecule has 0 bridgehead atoms. The highest BCUT2D eigenvalue weighted by Crippen LogP contribution is 2.44. The van der Waals surface area contributed by atoms with Crippen LogP contribution in [-0.4, -0.2) is 37.0 Å². The number of esters is 1. The molecule has 40 heavy (non-hydrogen) atoms. The minimum absolute atomic E-state index is 0.0369. The van der Waals surface area contributed by atoms with Gasteiger partial charge in [0.2, 0.25) is 0 Å².